The molecule has 0 amide bonds. The molecule has 4 rings (SSSR count). The second-order valence-electron chi connectivity index (χ2n) is 5.03. The van der Waals surface area contributed by atoms with Gasteiger partial charge in [0.15, 0.2) is 11.5 Å². The van der Waals surface area contributed by atoms with E-state index in [0.29, 0.717) is 5.82 Å². The van der Waals surface area contributed by atoms with E-state index in [1.165, 1.54) is 10.4 Å². The summed E-state index contributed by atoms with van der Waals surface area (Å²) in [6, 6.07) is 3.86. The number of fused-ring (bicyclic) bond motifs is 3. The van der Waals surface area contributed by atoms with Gasteiger partial charge in [-0.1, -0.05) is 0 Å². The Bertz CT molecular complexity index is 968. The molecule has 4 aromatic heterocycles. The Kier molecular flexibility index (Phi) is 2.56. The lowest BCUT2D eigenvalue weighted by molar-refractivity contribution is 0.881. The molecule has 0 saturated carbocycles. The van der Waals surface area contributed by atoms with E-state index in [2.05, 4.69) is 28.9 Å². The highest BCUT2D eigenvalue weighted by Crippen LogP contribution is 2.32. The van der Waals surface area contributed by atoms with Gasteiger partial charge in [-0.3, -0.25) is 4.98 Å². The Hall–Kier alpha value is -2.34. The average molecular weight is 295 g/mol. The molecule has 0 spiro atoms. The van der Waals surface area contributed by atoms with Crippen LogP contribution in [0.5, 0.6) is 0 Å². The fraction of sp³-hybridized carbons (Fsp3) is 0.200. The molecule has 4 aromatic rings. The van der Waals surface area contributed by atoms with Crippen molar-refractivity contribution in [2.24, 2.45) is 0 Å². The van der Waals surface area contributed by atoms with Crippen molar-refractivity contribution < 1.29 is 0 Å². The van der Waals surface area contributed by atoms with E-state index < -0.39 is 0 Å². The number of nitrogens with zero attached hydrogens (tertiary/aromatic N) is 5. The smallest absolute Gasteiger partial charge is 0.183 e. The van der Waals surface area contributed by atoms with Crippen molar-refractivity contribution in [1.82, 2.24) is 24.6 Å². The van der Waals surface area contributed by atoms with E-state index in [1.54, 1.807) is 23.7 Å². The summed E-state index contributed by atoms with van der Waals surface area (Å²) >= 11 is 1.71. The van der Waals surface area contributed by atoms with Crippen LogP contribution in [0, 0.1) is 20.8 Å². The third-order valence-corrected chi connectivity index (χ3v) is 4.79. The maximum Gasteiger partial charge on any atom is 0.183 e. The zero-order chi connectivity index (χ0) is 14.6. The largest absolute Gasteiger partial charge is 0.264 e. The van der Waals surface area contributed by atoms with Crippen LogP contribution in [-0.4, -0.2) is 24.6 Å². The number of aryl methyl sites for hydroxylation is 3. The quantitative estimate of drug-likeness (QED) is 0.540. The fourth-order valence-electron chi connectivity index (χ4n) is 2.46. The molecule has 0 fully saturated rings. The van der Waals surface area contributed by atoms with Gasteiger partial charge in [0.1, 0.15) is 10.7 Å². The molecule has 104 valence electrons. The number of pyridine rings is 1. The SMILES string of the molecule is Cc1sc2nc(C)n3nc(-c4cccnc4)nc3c2c1C. The topological polar surface area (TPSA) is 56.0 Å². The van der Waals surface area contributed by atoms with Gasteiger partial charge < -0.3 is 0 Å². The van der Waals surface area contributed by atoms with Gasteiger partial charge in [-0.15, -0.1) is 16.4 Å². The molecule has 0 aromatic carbocycles. The first-order valence-corrected chi connectivity index (χ1v) is 7.50. The molecular weight excluding hydrogens is 282 g/mol. The van der Waals surface area contributed by atoms with E-state index in [9.17, 15) is 0 Å². The summed E-state index contributed by atoms with van der Waals surface area (Å²) in [5.74, 6) is 1.53. The second kappa shape index (κ2) is 4.33. The Labute approximate surface area is 125 Å². The van der Waals surface area contributed by atoms with Crippen LogP contribution < -0.4 is 0 Å². The highest BCUT2D eigenvalue weighted by atomic mass is 32.1. The molecule has 0 unspecified atom stereocenters. The molecule has 6 heteroatoms. The molecule has 0 aliphatic carbocycles. The van der Waals surface area contributed by atoms with Crippen LogP contribution in [0.3, 0.4) is 0 Å². The zero-order valence-electron chi connectivity index (χ0n) is 12.0. The summed E-state index contributed by atoms with van der Waals surface area (Å²) in [4.78, 5) is 15.8. The standard InChI is InChI=1S/C15H13N5S/c1-8-9(2)21-15-12(8)14-18-13(11-5-4-6-16-7-11)19-20(14)10(3)17-15/h4-7H,1-3H3. The summed E-state index contributed by atoms with van der Waals surface area (Å²) in [6.45, 7) is 6.19. The van der Waals surface area contributed by atoms with Gasteiger partial charge in [0.05, 0.1) is 5.39 Å². The third kappa shape index (κ3) is 1.76. The van der Waals surface area contributed by atoms with Gasteiger partial charge in [0.2, 0.25) is 0 Å². The number of thiophene rings is 1. The highest BCUT2D eigenvalue weighted by Gasteiger charge is 2.16. The van der Waals surface area contributed by atoms with Gasteiger partial charge in [-0.05, 0) is 38.5 Å². The lowest BCUT2D eigenvalue weighted by Gasteiger charge is -1.98. The Morgan fingerprint density at radius 1 is 1.14 bits per heavy atom. The van der Waals surface area contributed by atoms with E-state index in [1.807, 2.05) is 23.6 Å². The summed E-state index contributed by atoms with van der Waals surface area (Å²) < 4.78 is 1.82. The van der Waals surface area contributed by atoms with Crippen molar-refractivity contribution in [2.45, 2.75) is 20.8 Å². The summed E-state index contributed by atoms with van der Waals surface area (Å²) in [5, 5.41) is 5.69. The lowest BCUT2D eigenvalue weighted by atomic mass is 10.2. The molecule has 0 bridgehead atoms. The molecule has 5 nitrogen and oxygen atoms in total. The number of hydrogen-bond acceptors (Lipinski definition) is 5. The maximum atomic E-state index is 4.72. The molecule has 0 N–H and O–H groups in total. The molecule has 21 heavy (non-hydrogen) atoms. The lowest BCUT2D eigenvalue weighted by Crippen LogP contribution is -1.97. The number of aromatic nitrogens is 5. The van der Waals surface area contributed by atoms with E-state index in [0.717, 1.165) is 27.3 Å². The van der Waals surface area contributed by atoms with Crippen LogP contribution in [0.1, 0.15) is 16.3 Å². The molecule has 4 heterocycles. The predicted octanol–water partition coefficient (Wildman–Crippen LogP) is 3.33. The Balaban J connectivity index is 2.11. The first-order valence-electron chi connectivity index (χ1n) is 6.68. The fourth-order valence-corrected chi connectivity index (χ4v) is 3.53. The minimum atomic E-state index is 0.684. The van der Waals surface area contributed by atoms with Crippen molar-refractivity contribution in [3.05, 3.63) is 40.8 Å². The molecular formula is C15H13N5S. The number of hydrogen-bond donors (Lipinski definition) is 0. The van der Waals surface area contributed by atoms with E-state index >= 15 is 0 Å². The van der Waals surface area contributed by atoms with Crippen molar-refractivity contribution >= 4 is 27.2 Å². The molecule has 0 saturated heterocycles. The minimum absolute atomic E-state index is 0.684. The van der Waals surface area contributed by atoms with Gasteiger partial charge in [0.25, 0.3) is 0 Å². The van der Waals surface area contributed by atoms with Crippen molar-refractivity contribution in [1.29, 1.82) is 0 Å². The van der Waals surface area contributed by atoms with Gasteiger partial charge in [-0.25, -0.2) is 9.97 Å². The van der Waals surface area contributed by atoms with Gasteiger partial charge in [-0.2, -0.15) is 4.52 Å². The summed E-state index contributed by atoms with van der Waals surface area (Å²) in [5.41, 5.74) is 3.02. The van der Waals surface area contributed by atoms with Crippen LogP contribution >= 0.6 is 11.3 Å². The van der Waals surface area contributed by atoms with Crippen molar-refractivity contribution in [2.75, 3.05) is 0 Å². The van der Waals surface area contributed by atoms with E-state index in [4.69, 9.17) is 4.98 Å². The molecule has 0 aliphatic heterocycles. The van der Waals surface area contributed by atoms with Crippen LogP contribution in [0.4, 0.5) is 0 Å². The Morgan fingerprint density at radius 2 is 2.00 bits per heavy atom. The van der Waals surface area contributed by atoms with Crippen LogP contribution in [0.15, 0.2) is 24.5 Å². The minimum Gasteiger partial charge on any atom is -0.264 e. The molecule has 0 atom stereocenters. The first-order chi connectivity index (χ1) is 10.1. The van der Waals surface area contributed by atoms with Crippen LogP contribution in [0.2, 0.25) is 0 Å². The van der Waals surface area contributed by atoms with Crippen molar-refractivity contribution in [3.63, 3.8) is 0 Å². The molecule has 0 radical (unpaired) electrons. The van der Waals surface area contributed by atoms with Crippen LogP contribution in [-0.2, 0) is 0 Å². The zero-order valence-corrected chi connectivity index (χ0v) is 12.8. The molecule has 0 aliphatic rings. The predicted molar refractivity (Wildman–Crippen MR) is 83.6 cm³/mol. The van der Waals surface area contributed by atoms with Gasteiger partial charge in [0, 0.05) is 22.8 Å². The number of rotatable bonds is 1. The summed E-state index contributed by atoms with van der Waals surface area (Å²) in [7, 11) is 0. The Morgan fingerprint density at radius 3 is 2.76 bits per heavy atom. The van der Waals surface area contributed by atoms with Crippen molar-refractivity contribution in [3.8, 4) is 11.4 Å². The maximum absolute atomic E-state index is 4.72. The van der Waals surface area contributed by atoms with Crippen LogP contribution in [0.25, 0.3) is 27.3 Å². The van der Waals surface area contributed by atoms with Gasteiger partial charge >= 0.3 is 0 Å². The first kappa shape index (κ1) is 12.4. The average Bonchev–Trinajstić information content (AvgIpc) is 3.03. The normalized spacial score (nSPS) is 11.6. The highest BCUT2D eigenvalue weighted by molar-refractivity contribution is 7.18. The summed E-state index contributed by atoms with van der Waals surface area (Å²) in [6.07, 6.45) is 3.52. The van der Waals surface area contributed by atoms with E-state index in [-0.39, 0.29) is 0 Å². The third-order valence-electron chi connectivity index (χ3n) is 3.69. The second-order valence-corrected chi connectivity index (χ2v) is 6.24. The monoisotopic (exact) mass is 295 g/mol.